The molecule has 29 heavy (non-hydrogen) atoms. The smallest absolute Gasteiger partial charge is 0.417 e. The molecule has 0 aliphatic carbocycles. The second kappa shape index (κ2) is 7.27. The maximum Gasteiger partial charge on any atom is 0.417 e. The average Bonchev–Trinajstić information content (AvgIpc) is 2.70. The van der Waals surface area contributed by atoms with Crippen LogP contribution in [0.15, 0.2) is 57.7 Å². The highest BCUT2D eigenvalue weighted by atomic mass is 19.4. The molecule has 1 aromatic heterocycles. The van der Waals surface area contributed by atoms with E-state index in [0.29, 0.717) is 12.6 Å². The number of hydrogen-bond acceptors (Lipinski definition) is 4. The number of benzene rings is 2. The zero-order chi connectivity index (χ0) is 20.6. The molecule has 3 aromatic rings. The number of carbonyl (C=O) groups excluding carboxylic acids is 1. The number of nitrogens with zero attached hydrogens (tertiary/aromatic N) is 1. The number of ether oxygens (including phenoxy) is 1. The third-order valence-corrected chi connectivity index (χ3v) is 4.79. The molecule has 5 nitrogen and oxygen atoms in total. The van der Waals surface area contributed by atoms with E-state index in [4.69, 9.17) is 9.15 Å². The summed E-state index contributed by atoms with van der Waals surface area (Å²) >= 11 is 0. The summed E-state index contributed by atoms with van der Waals surface area (Å²) in [7, 11) is 0. The van der Waals surface area contributed by atoms with E-state index in [0.717, 1.165) is 30.2 Å². The topological polar surface area (TPSA) is 59.8 Å². The molecule has 1 aliphatic rings. The van der Waals surface area contributed by atoms with Gasteiger partial charge in [0.25, 0.3) is 5.91 Å². The summed E-state index contributed by atoms with van der Waals surface area (Å²) in [6.45, 7) is 0.282. The normalized spacial score (nSPS) is 14.0. The van der Waals surface area contributed by atoms with Gasteiger partial charge in [0.2, 0.25) is 0 Å². The highest BCUT2D eigenvalue weighted by molar-refractivity contribution is 5.95. The fraction of sp³-hybridized carbons (Fsp3) is 0.238. The van der Waals surface area contributed by atoms with Crippen LogP contribution < -0.4 is 15.3 Å². The number of anilines is 1. The molecule has 1 aliphatic heterocycles. The van der Waals surface area contributed by atoms with Crippen LogP contribution in [0.4, 0.5) is 18.9 Å². The van der Waals surface area contributed by atoms with Crippen molar-refractivity contribution < 1.29 is 27.1 Å². The van der Waals surface area contributed by atoms with Gasteiger partial charge in [0.15, 0.2) is 6.61 Å². The number of fused-ring (bicyclic) bond motifs is 2. The lowest BCUT2D eigenvalue weighted by Crippen LogP contribution is -2.38. The summed E-state index contributed by atoms with van der Waals surface area (Å²) < 4.78 is 49.7. The average molecular weight is 403 g/mol. The fourth-order valence-corrected chi connectivity index (χ4v) is 3.48. The Balaban J connectivity index is 1.55. The minimum Gasteiger partial charge on any atom is -0.484 e. The second-order valence-corrected chi connectivity index (χ2v) is 6.70. The number of hydrogen-bond donors (Lipinski definition) is 0. The van der Waals surface area contributed by atoms with Crippen molar-refractivity contribution in [2.45, 2.75) is 19.0 Å². The van der Waals surface area contributed by atoms with Crippen molar-refractivity contribution in [3.8, 4) is 5.75 Å². The molecule has 4 rings (SSSR count). The quantitative estimate of drug-likeness (QED) is 0.616. The van der Waals surface area contributed by atoms with Crippen molar-refractivity contribution in [1.82, 2.24) is 0 Å². The minimum absolute atomic E-state index is 0.138. The number of para-hydroxylation sites is 1. The van der Waals surface area contributed by atoms with Crippen LogP contribution in [0.25, 0.3) is 11.0 Å². The predicted octanol–water partition coefficient (Wildman–Crippen LogP) is 4.17. The van der Waals surface area contributed by atoms with Crippen molar-refractivity contribution in [1.29, 1.82) is 0 Å². The molecule has 0 spiro atoms. The Morgan fingerprint density at radius 1 is 1.14 bits per heavy atom. The lowest BCUT2D eigenvalue weighted by molar-refractivity contribution is -0.136. The van der Waals surface area contributed by atoms with Crippen molar-refractivity contribution in [3.63, 3.8) is 0 Å². The molecule has 0 atom stereocenters. The Kier molecular flexibility index (Phi) is 4.77. The first-order valence-electron chi connectivity index (χ1n) is 8.99. The fourth-order valence-electron chi connectivity index (χ4n) is 3.48. The molecule has 1 amide bonds. The SMILES string of the molecule is O=C(COc1ccc2c(C(F)(F)F)cc(=O)oc2c1)N1CCCc2ccccc21. The van der Waals surface area contributed by atoms with Crippen LogP contribution in [-0.4, -0.2) is 19.1 Å². The predicted molar refractivity (Wildman–Crippen MR) is 100 cm³/mol. The van der Waals surface area contributed by atoms with Gasteiger partial charge in [-0.15, -0.1) is 0 Å². The van der Waals surface area contributed by atoms with E-state index in [1.165, 1.54) is 12.1 Å². The Hall–Kier alpha value is -3.29. The Labute approximate surface area is 163 Å². The summed E-state index contributed by atoms with van der Waals surface area (Å²) in [6.07, 6.45) is -2.95. The number of alkyl halides is 3. The molecule has 150 valence electrons. The molecule has 0 saturated heterocycles. The van der Waals surface area contributed by atoms with E-state index in [1.54, 1.807) is 4.90 Å². The van der Waals surface area contributed by atoms with Crippen LogP contribution in [0.3, 0.4) is 0 Å². The number of carbonyl (C=O) groups is 1. The number of halogens is 3. The Morgan fingerprint density at radius 2 is 1.93 bits per heavy atom. The summed E-state index contributed by atoms with van der Waals surface area (Å²) in [5, 5.41) is -0.249. The molecule has 0 N–H and O–H groups in total. The van der Waals surface area contributed by atoms with E-state index in [-0.39, 0.29) is 29.2 Å². The van der Waals surface area contributed by atoms with Gasteiger partial charge in [-0.25, -0.2) is 4.79 Å². The number of rotatable bonds is 3. The third kappa shape index (κ3) is 3.83. The molecule has 2 aromatic carbocycles. The summed E-state index contributed by atoms with van der Waals surface area (Å²) in [5.74, 6) is -0.124. The summed E-state index contributed by atoms with van der Waals surface area (Å²) in [4.78, 5) is 25.7. The molecule has 2 heterocycles. The molecule has 8 heteroatoms. The first-order chi connectivity index (χ1) is 13.8. The zero-order valence-corrected chi connectivity index (χ0v) is 15.2. The summed E-state index contributed by atoms with van der Waals surface area (Å²) in [6, 6.07) is 11.7. The largest absolute Gasteiger partial charge is 0.484 e. The van der Waals surface area contributed by atoms with Crippen LogP contribution in [0, 0.1) is 0 Å². The van der Waals surface area contributed by atoms with Gasteiger partial charge >= 0.3 is 11.8 Å². The van der Waals surface area contributed by atoms with E-state index in [9.17, 15) is 22.8 Å². The van der Waals surface area contributed by atoms with Crippen LogP contribution in [0.1, 0.15) is 17.5 Å². The van der Waals surface area contributed by atoms with Crippen molar-refractivity contribution in [2.75, 3.05) is 18.1 Å². The Morgan fingerprint density at radius 3 is 2.72 bits per heavy atom. The molecular weight excluding hydrogens is 387 g/mol. The standard InChI is InChI=1S/C21H16F3NO4/c22-21(23,24)16-11-20(27)29-18-10-14(7-8-15(16)18)28-12-19(26)25-9-3-5-13-4-1-2-6-17(13)25/h1-2,4,6-8,10-11H,3,5,9,12H2. The van der Waals surface area contributed by atoms with Gasteiger partial charge in [0.1, 0.15) is 11.3 Å². The highest BCUT2D eigenvalue weighted by Gasteiger charge is 2.34. The van der Waals surface area contributed by atoms with E-state index in [2.05, 4.69) is 0 Å². The maximum atomic E-state index is 13.1. The first-order valence-corrected chi connectivity index (χ1v) is 8.99. The van der Waals surface area contributed by atoms with Gasteiger partial charge < -0.3 is 14.1 Å². The number of aryl methyl sites for hydroxylation is 1. The maximum absolute atomic E-state index is 13.1. The highest BCUT2D eigenvalue weighted by Crippen LogP contribution is 2.35. The van der Waals surface area contributed by atoms with Gasteiger partial charge in [-0.2, -0.15) is 13.2 Å². The summed E-state index contributed by atoms with van der Waals surface area (Å²) in [5.41, 5.74) is -0.511. The first kappa shape index (κ1) is 19.0. The number of amides is 1. The lowest BCUT2D eigenvalue weighted by Gasteiger charge is -2.29. The van der Waals surface area contributed by atoms with Crippen LogP contribution >= 0.6 is 0 Å². The van der Waals surface area contributed by atoms with E-state index in [1.807, 2.05) is 24.3 Å². The van der Waals surface area contributed by atoms with Crippen molar-refractivity contribution in [3.05, 3.63) is 70.1 Å². The van der Waals surface area contributed by atoms with E-state index >= 15 is 0 Å². The molecule has 0 fully saturated rings. The van der Waals surface area contributed by atoms with Crippen molar-refractivity contribution in [2.24, 2.45) is 0 Å². The molecule has 0 unspecified atom stereocenters. The zero-order valence-electron chi connectivity index (χ0n) is 15.2. The molecular formula is C21H16F3NO4. The molecule has 0 saturated carbocycles. The minimum atomic E-state index is -4.69. The van der Waals surface area contributed by atoms with Gasteiger partial charge in [-0.1, -0.05) is 18.2 Å². The van der Waals surface area contributed by atoms with Gasteiger partial charge in [0, 0.05) is 29.8 Å². The van der Waals surface area contributed by atoms with Crippen LogP contribution in [-0.2, 0) is 17.4 Å². The lowest BCUT2D eigenvalue weighted by atomic mass is 10.0. The third-order valence-electron chi connectivity index (χ3n) is 4.79. The monoisotopic (exact) mass is 403 g/mol. The van der Waals surface area contributed by atoms with Crippen molar-refractivity contribution >= 4 is 22.6 Å². The molecule has 0 bridgehead atoms. The van der Waals surface area contributed by atoms with Gasteiger partial charge in [-0.3, -0.25) is 4.79 Å². The Bertz CT molecular complexity index is 1140. The van der Waals surface area contributed by atoms with Crippen LogP contribution in [0.5, 0.6) is 5.75 Å². The molecule has 0 radical (unpaired) electrons. The van der Waals surface area contributed by atoms with Gasteiger partial charge in [0.05, 0.1) is 5.56 Å². The van der Waals surface area contributed by atoms with E-state index < -0.39 is 17.4 Å². The van der Waals surface area contributed by atoms with Crippen LogP contribution in [0.2, 0.25) is 0 Å². The second-order valence-electron chi connectivity index (χ2n) is 6.70. The van der Waals surface area contributed by atoms with Gasteiger partial charge in [-0.05, 0) is 36.6 Å².